The lowest BCUT2D eigenvalue weighted by Crippen LogP contribution is -2.41. The molecule has 0 aliphatic heterocycles. The van der Waals surface area contributed by atoms with Gasteiger partial charge in [-0.2, -0.15) is 0 Å². The maximum absolute atomic E-state index is 12.7. The Balaban J connectivity index is 2.17. The third-order valence-corrected chi connectivity index (χ3v) is 6.31. The first kappa shape index (κ1) is 22.9. The largest absolute Gasteiger partial charge is 0.348 e. The van der Waals surface area contributed by atoms with Crippen molar-refractivity contribution in [1.29, 1.82) is 0 Å². The van der Waals surface area contributed by atoms with Gasteiger partial charge in [0.25, 0.3) is 0 Å². The number of hydrogen-bond donors (Lipinski definition) is 1. The zero-order valence-electron chi connectivity index (χ0n) is 18.4. The molecule has 1 atom stereocenters. The third-order valence-electron chi connectivity index (χ3n) is 5.19. The zero-order chi connectivity index (χ0) is 22.0. The fourth-order valence-electron chi connectivity index (χ4n) is 3.16. The number of hydrogen-bond acceptors (Lipinski definition) is 3. The van der Waals surface area contributed by atoms with Crippen molar-refractivity contribution in [3.05, 3.63) is 64.7 Å². The molecular formula is C23H32N2O3S. The number of carbonyl (C=O) groups excluding carboxylic acids is 1. The van der Waals surface area contributed by atoms with Gasteiger partial charge in [0.05, 0.1) is 18.0 Å². The van der Waals surface area contributed by atoms with Crippen molar-refractivity contribution < 1.29 is 13.2 Å². The molecule has 0 aromatic heterocycles. The van der Waals surface area contributed by atoms with Gasteiger partial charge in [-0.25, -0.2) is 8.42 Å². The van der Waals surface area contributed by atoms with Gasteiger partial charge in [-0.15, -0.1) is 0 Å². The molecule has 2 aromatic rings. The predicted molar refractivity (Wildman–Crippen MR) is 120 cm³/mol. The van der Waals surface area contributed by atoms with Crippen molar-refractivity contribution in [1.82, 2.24) is 5.32 Å². The normalized spacial score (nSPS) is 13.1. The van der Waals surface area contributed by atoms with E-state index in [1.165, 1.54) is 9.87 Å². The monoisotopic (exact) mass is 416 g/mol. The van der Waals surface area contributed by atoms with Crippen LogP contribution in [0.2, 0.25) is 0 Å². The van der Waals surface area contributed by atoms with Crippen LogP contribution in [0, 0.1) is 13.8 Å². The van der Waals surface area contributed by atoms with Gasteiger partial charge in [-0.1, -0.05) is 57.2 Å². The summed E-state index contributed by atoms with van der Waals surface area (Å²) in [7, 11) is -3.60. The second kappa shape index (κ2) is 8.57. The molecule has 0 aliphatic rings. The van der Waals surface area contributed by atoms with Gasteiger partial charge < -0.3 is 5.32 Å². The number of anilines is 1. The first-order valence-electron chi connectivity index (χ1n) is 9.74. The maximum atomic E-state index is 12.7. The predicted octanol–water partition coefficient (Wildman–Crippen LogP) is 4.24. The minimum absolute atomic E-state index is 0.0622. The SMILES string of the molecule is Cc1cccc(N(CC(=O)N[C@H](C)c2ccc(C(C)(C)C)cc2)S(C)(=O)=O)c1C. The van der Waals surface area contributed by atoms with E-state index in [9.17, 15) is 13.2 Å². The highest BCUT2D eigenvalue weighted by Gasteiger charge is 2.23. The van der Waals surface area contributed by atoms with Gasteiger partial charge in [-0.05, 0) is 54.5 Å². The summed E-state index contributed by atoms with van der Waals surface area (Å²) in [6.45, 7) is 11.9. The van der Waals surface area contributed by atoms with E-state index in [1.807, 2.05) is 39.0 Å². The Hall–Kier alpha value is -2.34. The van der Waals surface area contributed by atoms with E-state index in [0.29, 0.717) is 5.69 Å². The van der Waals surface area contributed by atoms with Gasteiger partial charge in [0.15, 0.2) is 0 Å². The molecule has 5 nitrogen and oxygen atoms in total. The second-order valence-electron chi connectivity index (χ2n) is 8.65. The van der Waals surface area contributed by atoms with Crippen LogP contribution in [0.3, 0.4) is 0 Å². The molecule has 0 spiro atoms. The zero-order valence-corrected chi connectivity index (χ0v) is 19.2. The van der Waals surface area contributed by atoms with Gasteiger partial charge >= 0.3 is 0 Å². The number of nitrogens with zero attached hydrogens (tertiary/aromatic N) is 1. The third kappa shape index (κ3) is 5.82. The lowest BCUT2D eigenvalue weighted by molar-refractivity contribution is -0.120. The molecule has 0 heterocycles. The van der Waals surface area contributed by atoms with Crippen LogP contribution in [-0.4, -0.2) is 27.1 Å². The Morgan fingerprint density at radius 1 is 1.07 bits per heavy atom. The Bertz CT molecular complexity index is 974. The smallest absolute Gasteiger partial charge is 0.241 e. The first-order chi connectivity index (χ1) is 13.3. The van der Waals surface area contributed by atoms with Gasteiger partial charge in [0.2, 0.25) is 15.9 Å². The molecule has 158 valence electrons. The molecule has 1 N–H and O–H groups in total. The van der Waals surface area contributed by atoms with E-state index < -0.39 is 10.0 Å². The number of benzene rings is 2. The summed E-state index contributed by atoms with van der Waals surface area (Å²) < 4.78 is 25.9. The summed E-state index contributed by atoms with van der Waals surface area (Å²) in [4.78, 5) is 12.7. The number of nitrogens with one attached hydrogen (secondary N) is 1. The van der Waals surface area contributed by atoms with E-state index in [2.05, 4.69) is 38.2 Å². The summed E-state index contributed by atoms with van der Waals surface area (Å²) in [5.41, 5.74) is 4.61. The number of amides is 1. The van der Waals surface area contributed by atoms with E-state index in [4.69, 9.17) is 0 Å². The Morgan fingerprint density at radius 2 is 1.66 bits per heavy atom. The Labute approximate surface area is 175 Å². The first-order valence-corrected chi connectivity index (χ1v) is 11.6. The quantitative estimate of drug-likeness (QED) is 0.766. The van der Waals surface area contributed by atoms with Crippen molar-refractivity contribution in [2.45, 2.75) is 53.0 Å². The van der Waals surface area contributed by atoms with Crippen LogP contribution in [-0.2, 0) is 20.2 Å². The van der Waals surface area contributed by atoms with Crippen LogP contribution < -0.4 is 9.62 Å². The highest BCUT2D eigenvalue weighted by atomic mass is 32.2. The van der Waals surface area contributed by atoms with Gasteiger partial charge in [-0.3, -0.25) is 9.10 Å². The van der Waals surface area contributed by atoms with E-state index in [-0.39, 0.29) is 23.9 Å². The number of aryl methyl sites for hydroxylation is 1. The molecule has 0 unspecified atom stereocenters. The molecule has 0 radical (unpaired) electrons. The van der Waals surface area contributed by atoms with Gasteiger partial charge in [0, 0.05) is 0 Å². The van der Waals surface area contributed by atoms with Crippen LogP contribution in [0.1, 0.15) is 56.0 Å². The molecule has 6 heteroatoms. The van der Waals surface area contributed by atoms with Gasteiger partial charge in [0.1, 0.15) is 6.54 Å². The van der Waals surface area contributed by atoms with E-state index >= 15 is 0 Å². The standard InChI is InChI=1S/C23H32N2O3S/c1-16-9-8-10-21(17(16)2)25(29(7,27)28)15-22(26)24-18(3)19-11-13-20(14-12-19)23(4,5)6/h8-14,18H,15H2,1-7H3,(H,24,26)/t18-/m1/s1. The summed E-state index contributed by atoms with van der Waals surface area (Å²) in [5.74, 6) is -0.344. The van der Waals surface area contributed by atoms with Crippen LogP contribution >= 0.6 is 0 Å². The summed E-state index contributed by atoms with van der Waals surface area (Å²) in [5, 5.41) is 2.92. The molecular weight excluding hydrogens is 384 g/mol. The second-order valence-corrected chi connectivity index (χ2v) is 10.6. The van der Waals surface area contributed by atoms with Crippen LogP contribution in [0.15, 0.2) is 42.5 Å². The summed E-state index contributed by atoms with van der Waals surface area (Å²) >= 11 is 0. The lowest BCUT2D eigenvalue weighted by Gasteiger charge is -2.25. The van der Waals surface area contributed by atoms with E-state index in [0.717, 1.165) is 22.9 Å². The number of sulfonamides is 1. The molecule has 2 rings (SSSR count). The molecule has 0 saturated heterocycles. The average Bonchev–Trinajstić information content (AvgIpc) is 2.61. The summed E-state index contributed by atoms with van der Waals surface area (Å²) in [6, 6.07) is 13.4. The fraction of sp³-hybridized carbons (Fsp3) is 0.435. The molecule has 0 saturated carbocycles. The lowest BCUT2D eigenvalue weighted by atomic mass is 9.86. The molecule has 1 amide bonds. The fourth-order valence-corrected chi connectivity index (χ4v) is 4.07. The molecule has 29 heavy (non-hydrogen) atoms. The molecule has 0 aliphatic carbocycles. The molecule has 0 bridgehead atoms. The Morgan fingerprint density at radius 3 is 2.17 bits per heavy atom. The van der Waals surface area contributed by atoms with Crippen molar-refractivity contribution in [3.8, 4) is 0 Å². The minimum Gasteiger partial charge on any atom is -0.348 e. The highest BCUT2D eigenvalue weighted by molar-refractivity contribution is 7.92. The van der Waals surface area contributed by atoms with Crippen LogP contribution in [0.25, 0.3) is 0 Å². The van der Waals surface area contributed by atoms with Crippen molar-refractivity contribution in [2.75, 3.05) is 17.1 Å². The van der Waals surface area contributed by atoms with Crippen molar-refractivity contribution in [2.24, 2.45) is 0 Å². The minimum atomic E-state index is -3.60. The molecule has 0 fully saturated rings. The maximum Gasteiger partial charge on any atom is 0.241 e. The number of carbonyl (C=O) groups is 1. The van der Waals surface area contributed by atoms with Crippen LogP contribution in [0.4, 0.5) is 5.69 Å². The number of rotatable bonds is 6. The average molecular weight is 417 g/mol. The topological polar surface area (TPSA) is 66.5 Å². The summed E-state index contributed by atoms with van der Waals surface area (Å²) in [6.07, 6.45) is 1.12. The van der Waals surface area contributed by atoms with Crippen molar-refractivity contribution in [3.63, 3.8) is 0 Å². The Kier molecular flexibility index (Phi) is 6.78. The van der Waals surface area contributed by atoms with E-state index in [1.54, 1.807) is 12.1 Å². The highest BCUT2D eigenvalue weighted by Crippen LogP contribution is 2.26. The van der Waals surface area contributed by atoms with Crippen LogP contribution in [0.5, 0.6) is 0 Å². The molecule has 2 aromatic carbocycles. The van der Waals surface area contributed by atoms with Crippen molar-refractivity contribution >= 4 is 21.6 Å².